The van der Waals surface area contributed by atoms with Gasteiger partial charge in [-0.15, -0.1) is 0 Å². The fraction of sp³-hybridized carbons (Fsp3) is 0.400. The molecule has 0 amide bonds. The maximum Gasteiger partial charge on any atom is 0.345 e. The second-order valence-electron chi connectivity index (χ2n) is 5.60. The molecule has 0 unspecified atom stereocenters. The average Bonchev–Trinajstić information content (AvgIpc) is 3.13. The third-order valence-corrected chi connectivity index (χ3v) is 4.80. The second-order valence-corrected chi connectivity index (χ2v) is 6.61. The van der Waals surface area contributed by atoms with E-state index in [1.165, 1.54) is 11.8 Å². The van der Waals surface area contributed by atoms with Crippen molar-refractivity contribution in [1.82, 2.24) is 9.88 Å². The molecule has 2 heterocycles. The minimum atomic E-state index is -0.441. The normalized spacial score (nSPS) is 21.4. The van der Waals surface area contributed by atoms with Crippen LogP contribution >= 0.6 is 11.3 Å². The Morgan fingerprint density at radius 1 is 1.43 bits per heavy atom. The molecule has 122 valence electrons. The van der Waals surface area contributed by atoms with Crippen molar-refractivity contribution < 1.29 is 10.0 Å². The fourth-order valence-corrected chi connectivity index (χ4v) is 3.46. The van der Waals surface area contributed by atoms with E-state index in [2.05, 4.69) is 27.3 Å². The number of aliphatic hydroxyl groups excluding tert-OH is 1. The SMILES string of the molecule is O=[N+]([O-])c1cnc(NC[C@H]2C[C@@H](O)CN2Cc2ccccc2)s1. The predicted octanol–water partition coefficient (Wildman–Crippen LogP) is 2.10. The quantitative estimate of drug-likeness (QED) is 0.621. The van der Waals surface area contributed by atoms with Gasteiger partial charge in [0.05, 0.1) is 11.0 Å². The summed E-state index contributed by atoms with van der Waals surface area (Å²) in [5, 5.41) is 24.3. The first-order chi connectivity index (χ1) is 11.1. The molecule has 1 fully saturated rings. The molecule has 2 N–H and O–H groups in total. The van der Waals surface area contributed by atoms with E-state index >= 15 is 0 Å². The minimum absolute atomic E-state index is 0.0279. The highest BCUT2D eigenvalue weighted by atomic mass is 32.1. The number of rotatable bonds is 6. The van der Waals surface area contributed by atoms with Crippen LogP contribution in [0.25, 0.3) is 0 Å². The lowest BCUT2D eigenvalue weighted by Crippen LogP contribution is -2.34. The number of β-amino-alcohol motifs (C(OH)–C–C–N with tert-alkyl or cyclic N) is 1. The third kappa shape index (κ3) is 4.04. The summed E-state index contributed by atoms with van der Waals surface area (Å²) in [6.45, 7) is 2.02. The Hall–Kier alpha value is -2.03. The van der Waals surface area contributed by atoms with Crippen LogP contribution in [-0.4, -0.2) is 45.1 Å². The molecule has 2 atom stereocenters. The number of aliphatic hydroxyl groups is 1. The van der Waals surface area contributed by atoms with Crippen LogP contribution in [0.4, 0.5) is 10.1 Å². The maximum absolute atomic E-state index is 10.7. The number of benzene rings is 1. The molecule has 3 rings (SSSR count). The van der Waals surface area contributed by atoms with Crippen LogP contribution in [0, 0.1) is 10.1 Å². The summed E-state index contributed by atoms with van der Waals surface area (Å²) in [5.74, 6) is 0. The Kier molecular flexibility index (Phi) is 4.85. The van der Waals surface area contributed by atoms with E-state index in [9.17, 15) is 15.2 Å². The number of likely N-dealkylation sites (tertiary alicyclic amines) is 1. The number of anilines is 1. The van der Waals surface area contributed by atoms with Crippen LogP contribution in [0.3, 0.4) is 0 Å². The van der Waals surface area contributed by atoms with Crippen molar-refractivity contribution in [3.63, 3.8) is 0 Å². The molecular weight excluding hydrogens is 316 g/mol. The van der Waals surface area contributed by atoms with Gasteiger partial charge in [-0.3, -0.25) is 15.0 Å². The summed E-state index contributed by atoms with van der Waals surface area (Å²) in [6, 6.07) is 10.3. The highest BCUT2D eigenvalue weighted by Gasteiger charge is 2.30. The van der Waals surface area contributed by atoms with Crippen molar-refractivity contribution in [2.45, 2.75) is 25.1 Å². The standard InChI is InChI=1S/C15H18N4O3S/c20-13-6-12(7-16-15-17-8-14(23-15)19(21)22)18(10-13)9-11-4-2-1-3-5-11/h1-5,8,12-13,20H,6-7,9-10H2,(H,16,17)/t12-,13-/m1/s1. The van der Waals surface area contributed by atoms with Crippen molar-refractivity contribution >= 4 is 21.5 Å². The Balaban J connectivity index is 1.59. The number of nitro groups is 1. The summed E-state index contributed by atoms with van der Waals surface area (Å²) >= 11 is 1.03. The summed E-state index contributed by atoms with van der Waals surface area (Å²) in [4.78, 5) is 16.5. The molecule has 0 bridgehead atoms. The van der Waals surface area contributed by atoms with Gasteiger partial charge in [0.15, 0.2) is 5.13 Å². The number of nitrogens with zero attached hydrogens (tertiary/aromatic N) is 3. The largest absolute Gasteiger partial charge is 0.392 e. The molecule has 0 saturated carbocycles. The van der Waals surface area contributed by atoms with Gasteiger partial charge < -0.3 is 10.4 Å². The lowest BCUT2D eigenvalue weighted by Gasteiger charge is -2.24. The molecule has 2 aromatic rings. The molecule has 0 radical (unpaired) electrons. The Bertz CT molecular complexity index is 664. The van der Waals surface area contributed by atoms with Crippen LogP contribution in [0.2, 0.25) is 0 Å². The topological polar surface area (TPSA) is 91.5 Å². The summed E-state index contributed by atoms with van der Waals surface area (Å²) < 4.78 is 0. The summed E-state index contributed by atoms with van der Waals surface area (Å²) in [6.07, 6.45) is 1.61. The number of hydrogen-bond acceptors (Lipinski definition) is 7. The molecule has 8 heteroatoms. The Morgan fingerprint density at radius 3 is 2.91 bits per heavy atom. The molecule has 1 aliphatic rings. The smallest absolute Gasteiger partial charge is 0.345 e. The Morgan fingerprint density at radius 2 is 2.22 bits per heavy atom. The second kappa shape index (κ2) is 7.03. The van der Waals surface area contributed by atoms with Gasteiger partial charge in [0.1, 0.15) is 6.20 Å². The fourth-order valence-electron chi connectivity index (χ4n) is 2.82. The lowest BCUT2D eigenvalue weighted by atomic mass is 10.1. The number of thiazole rings is 1. The average molecular weight is 334 g/mol. The van der Waals surface area contributed by atoms with Crippen LogP contribution < -0.4 is 5.32 Å². The summed E-state index contributed by atoms with van der Waals surface area (Å²) in [5.41, 5.74) is 1.21. The lowest BCUT2D eigenvalue weighted by molar-refractivity contribution is -0.380. The van der Waals surface area contributed by atoms with Gasteiger partial charge in [-0.05, 0) is 23.3 Å². The molecule has 23 heavy (non-hydrogen) atoms. The van der Waals surface area contributed by atoms with Gasteiger partial charge in [0.25, 0.3) is 0 Å². The first-order valence-corrected chi connectivity index (χ1v) is 8.23. The maximum atomic E-state index is 10.7. The molecule has 1 aromatic heterocycles. The highest BCUT2D eigenvalue weighted by Crippen LogP contribution is 2.26. The summed E-state index contributed by atoms with van der Waals surface area (Å²) in [7, 11) is 0. The highest BCUT2D eigenvalue weighted by molar-refractivity contribution is 7.18. The number of hydrogen-bond donors (Lipinski definition) is 2. The number of nitrogens with one attached hydrogen (secondary N) is 1. The first kappa shape index (κ1) is 15.9. The van der Waals surface area contributed by atoms with E-state index in [1.807, 2.05) is 18.2 Å². The monoisotopic (exact) mass is 334 g/mol. The van der Waals surface area contributed by atoms with E-state index in [4.69, 9.17) is 0 Å². The van der Waals surface area contributed by atoms with Crippen molar-refractivity contribution in [3.8, 4) is 0 Å². The molecule has 1 saturated heterocycles. The molecule has 1 aliphatic heterocycles. The van der Waals surface area contributed by atoms with Gasteiger partial charge >= 0.3 is 5.00 Å². The zero-order valence-electron chi connectivity index (χ0n) is 12.5. The van der Waals surface area contributed by atoms with Crippen molar-refractivity contribution in [2.24, 2.45) is 0 Å². The number of aromatic nitrogens is 1. The van der Waals surface area contributed by atoms with E-state index < -0.39 is 4.92 Å². The van der Waals surface area contributed by atoms with Gasteiger partial charge in [-0.25, -0.2) is 4.98 Å². The molecule has 1 aromatic carbocycles. The molecular formula is C15H18N4O3S. The van der Waals surface area contributed by atoms with Gasteiger partial charge in [-0.2, -0.15) is 0 Å². The van der Waals surface area contributed by atoms with Gasteiger partial charge in [-0.1, -0.05) is 30.3 Å². The van der Waals surface area contributed by atoms with Crippen LogP contribution in [0.1, 0.15) is 12.0 Å². The van der Waals surface area contributed by atoms with E-state index in [0.717, 1.165) is 17.9 Å². The van der Waals surface area contributed by atoms with Crippen molar-refractivity contribution in [2.75, 3.05) is 18.4 Å². The zero-order valence-corrected chi connectivity index (χ0v) is 13.3. The van der Waals surface area contributed by atoms with Gasteiger partial charge in [0.2, 0.25) is 0 Å². The van der Waals surface area contributed by atoms with Gasteiger partial charge in [0, 0.05) is 25.7 Å². The van der Waals surface area contributed by atoms with Crippen molar-refractivity contribution in [1.29, 1.82) is 0 Å². The Labute approximate surface area is 137 Å². The van der Waals surface area contributed by atoms with Crippen LogP contribution in [-0.2, 0) is 6.54 Å². The van der Waals surface area contributed by atoms with E-state index in [-0.39, 0.29) is 17.1 Å². The first-order valence-electron chi connectivity index (χ1n) is 7.42. The van der Waals surface area contributed by atoms with Crippen molar-refractivity contribution in [3.05, 3.63) is 52.2 Å². The van der Waals surface area contributed by atoms with E-state index in [0.29, 0.717) is 24.6 Å². The molecule has 0 aliphatic carbocycles. The predicted molar refractivity (Wildman–Crippen MR) is 88.5 cm³/mol. The molecule has 7 nitrogen and oxygen atoms in total. The third-order valence-electron chi connectivity index (χ3n) is 3.90. The zero-order chi connectivity index (χ0) is 16.2. The van der Waals surface area contributed by atoms with Crippen LogP contribution in [0.5, 0.6) is 0 Å². The minimum Gasteiger partial charge on any atom is -0.392 e. The van der Waals surface area contributed by atoms with E-state index in [1.54, 1.807) is 0 Å². The molecule has 0 spiro atoms. The van der Waals surface area contributed by atoms with Crippen LogP contribution in [0.15, 0.2) is 36.5 Å².